The molecule has 5 heteroatoms. The highest BCUT2D eigenvalue weighted by Gasteiger charge is 2.39. The number of nitrogens with zero attached hydrogens (tertiary/aromatic N) is 3. The third-order valence-corrected chi connectivity index (χ3v) is 4.55. The zero-order chi connectivity index (χ0) is 13.7. The summed E-state index contributed by atoms with van der Waals surface area (Å²) in [5.74, 6) is 0.0209. The van der Waals surface area contributed by atoms with Gasteiger partial charge in [0.05, 0.1) is 5.92 Å². The molecule has 2 fully saturated rings. The fraction of sp³-hybridized carbons (Fsp3) is 0.533. The summed E-state index contributed by atoms with van der Waals surface area (Å²) < 4.78 is 2.21. The van der Waals surface area contributed by atoms with E-state index in [-0.39, 0.29) is 11.8 Å². The maximum atomic E-state index is 11.4. The maximum Gasteiger partial charge on any atom is 0.307 e. The number of carbonyl (C=O) groups is 1. The minimum absolute atomic E-state index is 0.0438. The van der Waals surface area contributed by atoms with E-state index >= 15 is 0 Å². The Hall–Kier alpha value is -1.91. The molecule has 5 nitrogen and oxygen atoms in total. The number of hydrogen-bond acceptors (Lipinski definition) is 3. The number of carboxylic acid groups (broad SMARTS) is 1. The molecule has 104 valence electrons. The molecule has 2 aliphatic carbocycles. The maximum absolute atomic E-state index is 11.4. The van der Waals surface area contributed by atoms with Crippen LogP contribution in [-0.2, 0) is 4.79 Å². The molecule has 2 heterocycles. The van der Waals surface area contributed by atoms with E-state index in [2.05, 4.69) is 9.55 Å². The third kappa shape index (κ3) is 1.72. The van der Waals surface area contributed by atoms with Crippen LogP contribution in [0.2, 0.25) is 0 Å². The quantitative estimate of drug-likeness (QED) is 0.932. The van der Waals surface area contributed by atoms with E-state index in [9.17, 15) is 9.90 Å². The van der Waals surface area contributed by atoms with Crippen molar-refractivity contribution >= 4 is 17.1 Å². The third-order valence-electron chi connectivity index (χ3n) is 4.55. The molecule has 2 atom stereocenters. The summed E-state index contributed by atoms with van der Waals surface area (Å²) in [6.07, 6.45) is 6.76. The first kappa shape index (κ1) is 11.9. The lowest BCUT2D eigenvalue weighted by molar-refractivity contribution is -0.142. The van der Waals surface area contributed by atoms with Gasteiger partial charge in [0.1, 0.15) is 11.3 Å². The Morgan fingerprint density at radius 2 is 2.15 bits per heavy atom. The first-order valence-electron chi connectivity index (χ1n) is 7.31. The first-order valence-corrected chi connectivity index (χ1v) is 7.31. The Morgan fingerprint density at radius 3 is 2.90 bits per heavy atom. The Morgan fingerprint density at radius 1 is 1.30 bits per heavy atom. The molecule has 2 unspecified atom stereocenters. The van der Waals surface area contributed by atoms with E-state index in [1.54, 1.807) is 6.20 Å². The molecular weight excluding hydrogens is 254 g/mol. The fourth-order valence-electron chi connectivity index (χ4n) is 3.47. The summed E-state index contributed by atoms with van der Waals surface area (Å²) in [5, 5.41) is 9.41. The molecule has 1 N–H and O–H groups in total. The second-order valence-electron chi connectivity index (χ2n) is 5.90. The van der Waals surface area contributed by atoms with E-state index in [1.165, 1.54) is 0 Å². The SMILES string of the molecule is O=C(O)C1CCCC1c1nc2cccnc2n1C1CC1. The topological polar surface area (TPSA) is 68.0 Å². The molecule has 0 radical (unpaired) electrons. The van der Waals surface area contributed by atoms with E-state index in [0.717, 1.165) is 49.1 Å². The highest BCUT2D eigenvalue weighted by Crippen LogP contribution is 2.45. The molecule has 0 aromatic carbocycles. The van der Waals surface area contributed by atoms with Gasteiger partial charge < -0.3 is 9.67 Å². The summed E-state index contributed by atoms with van der Waals surface area (Å²) in [5.41, 5.74) is 1.81. The van der Waals surface area contributed by atoms with Gasteiger partial charge in [-0.25, -0.2) is 9.97 Å². The number of aromatic nitrogens is 3. The standard InChI is InChI=1S/C15H17N3O2/c19-15(20)11-4-1-3-10(11)13-17-12-5-2-8-16-14(12)18(13)9-6-7-9/h2,5,8-11H,1,3-4,6-7H2,(H,19,20). The molecule has 2 aromatic rings. The molecule has 2 aliphatic rings. The molecule has 0 spiro atoms. The number of fused-ring (bicyclic) bond motifs is 1. The first-order chi connectivity index (χ1) is 9.75. The van der Waals surface area contributed by atoms with Crippen LogP contribution < -0.4 is 0 Å². The summed E-state index contributed by atoms with van der Waals surface area (Å²) >= 11 is 0. The lowest BCUT2D eigenvalue weighted by Gasteiger charge is -2.17. The molecule has 2 saturated carbocycles. The Bertz CT molecular complexity index is 675. The number of pyridine rings is 1. The van der Waals surface area contributed by atoms with Crippen molar-refractivity contribution in [2.75, 3.05) is 0 Å². The summed E-state index contributed by atoms with van der Waals surface area (Å²) in [6, 6.07) is 4.33. The summed E-state index contributed by atoms with van der Waals surface area (Å²) in [4.78, 5) is 20.6. The normalized spacial score (nSPS) is 26.2. The molecular formula is C15H17N3O2. The molecule has 2 aromatic heterocycles. The van der Waals surface area contributed by atoms with Crippen LogP contribution >= 0.6 is 0 Å². The van der Waals surface area contributed by atoms with Gasteiger partial charge in [0, 0.05) is 18.2 Å². The Labute approximate surface area is 116 Å². The van der Waals surface area contributed by atoms with Crippen molar-refractivity contribution in [1.29, 1.82) is 0 Å². The predicted octanol–water partition coefficient (Wildman–Crippen LogP) is 2.73. The zero-order valence-electron chi connectivity index (χ0n) is 11.2. The van der Waals surface area contributed by atoms with Gasteiger partial charge in [-0.1, -0.05) is 6.42 Å². The van der Waals surface area contributed by atoms with Crippen molar-refractivity contribution in [3.05, 3.63) is 24.2 Å². The Balaban J connectivity index is 1.86. The van der Waals surface area contributed by atoms with Crippen LogP contribution in [0.1, 0.15) is 49.9 Å². The van der Waals surface area contributed by atoms with Crippen LogP contribution in [0.5, 0.6) is 0 Å². The van der Waals surface area contributed by atoms with E-state index < -0.39 is 5.97 Å². The number of carboxylic acids is 1. The monoisotopic (exact) mass is 271 g/mol. The number of imidazole rings is 1. The lowest BCUT2D eigenvalue weighted by Crippen LogP contribution is -2.20. The van der Waals surface area contributed by atoms with Gasteiger partial charge in [0.25, 0.3) is 0 Å². The van der Waals surface area contributed by atoms with Crippen molar-refractivity contribution in [3.63, 3.8) is 0 Å². The average molecular weight is 271 g/mol. The molecule has 0 amide bonds. The smallest absolute Gasteiger partial charge is 0.307 e. The fourth-order valence-corrected chi connectivity index (χ4v) is 3.47. The highest BCUT2D eigenvalue weighted by atomic mass is 16.4. The lowest BCUT2D eigenvalue weighted by atomic mass is 9.95. The van der Waals surface area contributed by atoms with Crippen LogP contribution in [-0.4, -0.2) is 25.6 Å². The van der Waals surface area contributed by atoms with Gasteiger partial charge in [-0.15, -0.1) is 0 Å². The molecule has 0 aliphatic heterocycles. The van der Waals surface area contributed by atoms with Crippen LogP contribution in [0.4, 0.5) is 0 Å². The number of hydrogen-bond donors (Lipinski definition) is 1. The molecule has 0 saturated heterocycles. The van der Waals surface area contributed by atoms with Crippen molar-refractivity contribution in [1.82, 2.24) is 14.5 Å². The van der Waals surface area contributed by atoms with E-state index in [1.807, 2.05) is 12.1 Å². The van der Waals surface area contributed by atoms with Crippen LogP contribution in [0.15, 0.2) is 18.3 Å². The van der Waals surface area contributed by atoms with Gasteiger partial charge in [-0.2, -0.15) is 0 Å². The largest absolute Gasteiger partial charge is 0.481 e. The van der Waals surface area contributed by atoms with Gasteiger partial charge in [0.15, 0.2) is 5.65 Å². The van der Waals surface area contributed by atoms with Crippen LogP contribution in [0, 0.1) is 5.92 Å². The molecule has 4 rings (SSSR count). The van der Waals surface area contributed by atoms with Crippen molar-refractivity contribution in [2.45, 2.75) is 44.1 Å². The predicted molar refractivity (Wildman–Crippen MR) is 73.5 cm³/mol. The van der Waals surface area contributed by atoms with Gasteiger partial charge in [-0.05, 0) is 37.8 Å². The number of rotatable bonds is 3. The molecule has 0 bridgehead atoms. The zero-order valence-corrected chi connectivity index (χ0v) is 11.2. The van der Waals surface area contributed by atoms with Gasteiger partial charge in [-0.3, -0.25) is 4.79 Å². The van der Waals surface area contributed by atoms with Crippen LogP contribution in [0.25, 0.3) is 11.2 Å². The Kier molecular flexibility index (Phi) is 2.55. The molecule has 20 heavy (non-hydrogen) atoms. The minimum atomic E-state index is -0.685. The second-order valence-corrected chi connectivity index (χ2v) is 5.90. The van der Waals surface area contributed by atoms with Crippen molar-refractivity contribution in [2.24, 2.45) is 5.92 Å². The summed E-state index contributed by atoms with van der Waals surface area (Å²) in [7, 11) is 0. The minimum Gasteiger partial charge on any atom is -0.481 e. The van der Waals surface area contributed by atoms with Gasteiger partial charge in [0.2, 0.25) is 0 Å². The number of aliphatic carboxylic acids is 1. The van der Waals surface area contributed by atoms with Crippen molar-refractivity contribution in [3.8, 4) is 0 Å². The van der Waals surface area contributed by atoms with E-state index in [4.69, 9.17) is 4.98 Å². The van der Waals surface area contributed by atoms with E-state index in [0.29, 0.717) is 6.04 Å². The van der Waals surface area contributed by atoms with Crippen LogP contribution in [0.3, 0.4) is 0 Å². The van der Waals surface area contributed by atoms with Gasteiger partial charge >= 0.3 is 5.97 Å². The highest BCUT2D eigenvalue weighted by molar-refractivity contribution is 5.74. The summed E-state index contributed by atoms with van der Waals surface area (Å²) in [6.45, 7) is 0. The van der Waals surface area contributed by atoms with Crippen molar-refractivity contribution < 1.29 is 9.90 Å². The average Bonchev–Trinajstić information content (AvgIpc) is 3.04. The second kappa shape index (κ2) is 4.30.